The van der Waals surface area contributed by atoms with Gasteiger partial charge in [-0.15, -0.1) is 0 Å². The molecule has 0 saturated carbocycles. The first-order valence-corrected chi connectivity index (χ1v) is 33.1. The molecule has 1 atom stereocenters. The summed E-state index contributed by atoms with van der Waals surface area (Å²) in [6, 6.07) is 0. The number of rotatable bonds is 60. The zero-order chi connectivity index (χ0) is 55.7. The molecule has 6 heteroatoms. The van der Waals surface area contributed by atoms with Crippen LogP contribution in [0.3, 0.4) is 0 Å². The summed E-state index contributed by atoms with van der Waals surface area (Å²) in [7, 11) is 0. The third kappa shape index (κ3) is 63.3. The van der Waals surface area contributed by atoms with E-state index in [1.807, 2.05) is 0 Å². The van der Waals surface area contributed by atoms with Crippen LogP contribution in [0.2, 0.25) is 0 Å². The molecule has 0 radical (unpaired) electrons. The van der Waals surface area contributed by atoms with Crippen LogP contribution in [0.1, 0.15) is 329 Å². The predicted octanol–water partition coefficient (Wildman–Crippen LogP) is 22.7. The van der Waals surface area contributed by atoms with Gasteiger partial charge in [-0.25, -0.2) is 0 Å². The summed E-state index contributed by atoms with van der Waals surface area (Å²) in [5.41, 5.74) is 0. The van der Waals surface area contributed by atoms with Crippen LogP contribution in [0.5, 0.6) is 0 Å². The zero-order valence-electron chi connectivity index (χ0n) is 51.0. The summed E-state index contributed by atoms with van der Waals surface area (Å²) in [5.74, 6) is -0.895. The number of allylic oxidation sites excluding steroid dienone is 14. The summed E-state index contributed by atoms with van der Waals surface area (Å²) in [6.07, 6.45) is 86.1. The molecule has 0 heterocycles. The lowest BCUT2D eigenvalue weighted by molar-refractivity contribution is -0.167. The molecule has 0 saturated heterocycles. The fourth-order valence-electron chi connectivity index (χ4n) is 9.51. The second-order valence-corrected chi connectivity index (χ2v) is 22.0. The van der Waals surface area contributed by atoms with Crippen molar-refractivity contribution in [1.82, 2.24) is 0 Å². The molecule has 0 amide bonds. The van der Waals surface area contributed by atoms with Crippen LogP contribution in [-0.4, -0.2) is 37.2 Å². The highest BCUT2D eigenvalue weighted by molar-refractivity contribution is 5.71. The van der Waals surface area contributed by atoms with Gasteiger partial charge in [0.25, 0.3) is 0 Å². The lowest BCUT2D eigenvalue weighted by Gasteiger charge is -2.18. The fraction of sp³-hybridized carbons (Fsp3) is 0.761. The van der Waals surface area contributed by atoms with E-state index in [1.54, 1.807) is 0 Å². The predicted molar refractivity (Wildman–Crippen MR) is 334 cm³/mol. The molecule has 0 rings (SSSR count). The summed E-state index contributed by atoms with van der Waals surface area (Å²) in [5, 5.41) is 0. The molecule has 0 aliphatic heterocycles. The van der Waals surface area contributed by atoms with E-state index in [4.69, 9.17) is 14.2 Å². The molecule has 0 aromatic carbocycles. The minimum Gasteiger partial charge on any atom is -0.462 e. The summed E-state index contributed by atoms with van der Waals surface area (Å²) in [4.78, 5) is 38.3. The Hall–Kier alpha value is -3.41. The minimum absolute atomic E-state index is 0.0811. The van der Waals surface area contributed by atoms with Crippen LogP contribution in [0.4, 0.5) is 0 Å². The third-order valence-corrected chi connectivity index (χ3v) is 14.4. The van der Waals surface area contributed by atoms with Crippen molar-refractivity contribution in [2.75, 3.05) is 13.2 Å². The van der Waals surface area contributed by atoms with Crippen molar-refractivity contribution in [2.24, 2.45) is 0 Å². The van der Waals surface area contributed by atoms with Crippen LogP contribution in [0.15, 0.2) is 85.1 Å². The van der Waals surface area contributed by atoms with Gasteiger partial charge in [-0.3, -0.25) is 14.4 Å². The fourth-order valence-corrected chi connectivity index (χ4v) is 9.51. The first-order chi connectivity index (χ1) is 38.0. The number of carbonyl (C=O) groups is 3. The molecule has 1 unspecified atom stereocenters. The van der Waals surface area contributed by atoms with Crippen molar-refractivity contribution in [1.29, 1.82) is 0 Å². The monoisotopic (exact) mass is 1070 g/mol. The van der Waals surface area contributed by atoms with Gasteiger partial charge in [-0.1, -0.05) is 305 Å². The van der Waals surface area contributed by atoms with Crippen LogP contribution in [0.25, 0.3) is 0 Å². The Morgan fingerprint density at radius 1 is 0.273 bits per heavy atom. The van der Waals surface area contributed by atoms with E-state index < -0.39 is 6.10 Å². The molecule has 6 nitrogen and oxygen atoms in total. The zero-order valence-corrected chi connectivity index (χ0v) is 51.0. The SMILES string of the molecule is CC/C=C\C/C=C\C/C=C\C/C=C\CCCCCCCCCCCCCCCCCCCCC(=O)OCC(COC(=O)CCCCC/C=C\C/C=C\C/C=C\CC)OC(=O)CCCCCCCCCCCCCCCCC. The highest BCUT2D eigenvalue weighted by atomic mass is 16.6. The number of unbranched alkanes of at least 4 members (excludes halogenated alkanes) is 35. The van der Waals surface area contributed by atoms with Crippen molar-refractivity contribution < 1.29 is 28.6 Å². The minimum atomic E-state index is -0.785. The molecule has 0 aromatic rings. The average molecular weight is 1070 g/mol. The van der Waals surface area contributed by atoms with Gasteiger partial charge in [0.2, 0.25) is 0 Å². The maximum absolute atomic E-state index is 12.9. The number of hydrogen-bond acceptors (Lipinski definition) is 6. The number of carbonyl (C=O) groups excluding carboxylic acids is 3. The van der Waals surface area contributed by atoms with E-state index in [9.17, 15) is 14.4 Å². The maximum atomic E-state index is 12.9. The topological polar surface area (TPSA) is 78.9 Å². The molecule has 77 heavy (non-hydrogen) atoms. The van der Waals surface area contributed by atoms with Gasteiger partial charge in [0, 0.05) is 19.3 Å². The lowest BCUT2D eigenvalue weighted by Crippen LogP contribution is -2.30. The van der Waals surface area contributed by atoms with Gasteiger partial charge in [-0.2, -0.15) is 0 Å². The average Bonchev–Trinajstić information content (AvgIpc) is 3.43. The van der Waals surface area contributed by atoms with Crippen molar-refractivity contribution in [2.45, 2.75) is 335 Å². The van der Waals surface area contributed by atoms with E-state index >= 15 is 0 Å². The number of ether oxygens (including phenoxy) is 3. The first-order valence-electron chi connectivity index (χ1n) is 33.1. The molecule has 444 valence electrons. The summed E-state index contributed by atoms with van der Waals surface area (Å²) < 4.78 is 16.9. The number of hydrogen-bond donors (Lipinski definition) is 0. The molecule has 0 fully saturated rings. The molecule has 0 bridgehead atoms. The van der Waals surface area contributed by atoms with E-state index in [-0.39, 0.29) is 31.1 Å². The van der Waals surface area contributed by atoms with Gasteiger partial charge in [0.05, 0.1) is 0 Å². The lowest BCUT2D eigenvalue weighted by atomic mass is 10.0. The van der Waals surface area contributed by atoms with Crippen LogP contribution in [-0.2, 0) is 28.6 Å². The molecule has 0 aliphatic carbocycles. The smallest absolute Gasteiger partial charge is 0.306 e. The van der Waals surface area contributed by atoms with Gasteiger partial charge in [0.15, 0.2) is 6.10 Å². The largest absolute Gasteiger partial charge is 0.462 e. The maximum Gasteiger partial charge on any atom is 0.306 e. The normalized spacial score (nSPS) is 12.6. The van der Waals surface area contributed by atoms with E-state index in [1.165, 1.54) is 180 Å². The Morgan fingerprint density at radius 2 is 0.506 bits per heavy atom. The van der Waals surface area contributed by atoms with Gasteiger partial charge in [0.1, 0.15) is 13.2 Å². The van der Waals surface area contributed by atoms with Gasteiger partial charge in [-0.05, 0) is 89.9 Å². The second kappa shape index (κ2) is 65.1. The molecule has 0 spiro atoms. The highest BCUT2D eigenvalue weighted by Gasteiger charge is 2.19. The highest BCUT2D eigenvalue weighted by Crippen LogP contribution is 2.17. The van der Waals surface area contributed by atoms with Crippen molar-refractivity contribution in [3.63, 3.8) is 0 Å². The Morgan fingerprint density at radius 3 is 0.805 bits per heavy atom. The first kappa shape index (κ1) is 73.6. The third-order valence-electron chi connectivity index (χ3n) is 14.4. The van der Waals surface area contributed by atoms with Crippen molar-refractivity contribution in [3.05, 3.63) is 85.1 Å². The van der Waals surface area contributed by atoms with Crippen molar-refractivity contribution >= 4 is 17.9 Å². The number of esters is 3. The van der Waals surface area contributed by atoms with E-state index in [0.29, 0.717) is 19.3 Å². The second-order valence-electron chi connectivity index (χ2n) is 22.0. The van der Waals surface area contributed by atoms with E-state index in [0.717, 1.165) is 109 Å². The quantitative estimate of drug-likeness (QED) is 0.0261. The standard InChI is InChI=1S/C71H124O6/c1-4-7-10-13-16-19-22-25-27-28-29-30-31-32-33-34-35-36-37-38-39-40-41-42-44-46-49-52-55-58-61-64-70(73)76-67-68(66-75-69(72)63-60-57-54-51-48-45-24-21-18-15-12-9-6-3)77-71(74)65-62-59-56-53-50-47-43-26-23-20-17-14-11-8-5-2/h7,9-10,12,16,18-19,21,25,27,29-30,45,48,68H,4-6,8,11,13-15,17,20,22-24,26,28,31-44,46-47,49-67H2,1-3H3/b10-7-,12-9-,19-16-,21-18-,27-25-,30-29-,48-45-. The Labute approximate surface area is 477 Å². The van der Waals surface area contributed by atoms with Gasteiger partial charge >= 0.3 is 17.9 Å². The van der Waals surface area contributed by atoms with Crippen LogP contribution >= 0.6 is 0 Å². The van der Waals surface area contributed by atoms with Crippen LogP contribution < -0.4 is 0 Å². The molecule has 0 N–H and O–H groups in total. The Bertz CT molecular complexity index is 1470. The molecule has 0 aromatic heterocycles. The Balaban J connectivity index is 4.17. The molecular weight excluding hydrogens is 949 g/mol. The van der Waals surface area contributed by atoms with Crippen LogP contribution in [0, 0.1) is 0 Å². The van der Waals surface area contributed by atoms with E-state index in [2.05, 4.69) is 106 Å². The summed E-state index contributed by atoms with van der Waals surface area (Å²) in [6.45, 7) is 6.43. The van der Waals surface area contributed by atoms with Crippen molar-refractivity contribution in [3.8, 4) is 0 Å². The Kier molecular flexibility index (Phi) is 62.2. The molecular formula is C71H124O6. The summed E-state index contributed by atoms with van der Waals surface area (Å²) >= 11 is 0. The molecule has 0 aliphatic rings. The van der Waals surface area contributed by atoms with Gasteiger partial charge < -0.3 is 14.2 Å².